The first-order chi connectivity index (χ1) is 8.87. The molecule has 0 fully saturated rings. The van der Waals surface area contributed by atoms with Crippen molar-refractivity contribution < 1.29 is 13.2 Å². The highest BCUT2D eigenvalue weighted by molar-refractivity contribution is 7.89. The minimum Gasteiger partial charge on any atom is -0.377 e. The Hall–Kier alpha value is -0.960. The second kappa shape index (κ2) is 6.99. The van der Waals surface area contributed by atoms with Gasteiger partial charge in [0.1, 0.15) is 4.90 Å². The van der Waals surface area contributed by atoms with E-state index in [2.05, 4.69) is 5.10 Å². The van der Waals surface area contributed by atoms with Crippen molar-refractivity contribution in [1.82, 2.24) is 14.1 Å². The summed E-state index contributed by atoms with van der Waals surface area (Å²) in [4.78, 5) is 0.174. The largest absolute Gasteiger partial charge is 0.377 e. The summed E-state index contributed by atoms with van der Waals surface area (Å²) in [5.41, 5.74) is 5.40. The number of sulfonamides is 1. The zero-order valence-electron chi connectivity index (χ0n) is 11.6. The van der Waals surface area contributed by atoms with Crippen LogP contribution < -0.4 is 5.73 Å². The summed E-state index contributed by atoms with van der Waals surface area (Å²) < 4.78 is 32.5. The van der Waals surface area contributed by atoms with Gasteiger partial charge < -0.3 is 10.5 Å². The number of nitrogens with zero attached hydrogens (tertiary/aromatic N) is 3. The maximum absolute atomic E-state index is 12.2. The van der Waals surface area contributed by atoms with E-state index < -0.39 is 10.0 Å². The Labute approximate surface area is 114 Å². The number of ether oxygens (including phenoxy) is 1. The van der Waals surface area contributed by atoms with Crippen molar-refractivity contribution in [3.8, 4) is 0 Å². The Balaban J connectivity index is 2.67. The highest BCUT2D eigenvalue weighted by Crippen LogP contribution is 2.12. The van der Waals surface area contributed by atoms with Crippen LogP contribution in [0.15, 0.2) is 17.3 Å². The van der Waals surface area contributed by atoms with E-state index in [0.717, 1.165) is 0 Å². The van der Waals surface area contributed by atoms with Crippen molar-refractivity contribution in [3.05, 3.63) is 12.4 Å². The van der Waals surface area contributed by atoms with Gasteiger partial charge in [-0.3, -0.25) is 4.68 Å². The van der Waals surface area contributed by atoms with Crippen molar-refractivity contribution in [2.45, 2.75) is 31.4 Å². The number of aromatic nitrogens is 2. The molecule has 8 heteroatoms. The van der Waals surface area contributed by atoms with Crippen LogP contribution in [0, 0.1) is 0 Å². The molecule has 0 aromatic carbocycles. The molecule has 0 saturated carbocycles. The maximum Gasteiger partial charge on any atom is 0.246 e. The summed E-state index contributed by atoms with van der Waals surface area (Å²) in [5, 5.41) is 3.96. The van der Waals surface area contributed by atoms with Crippen LogP contribution in [0.5, 0.6) is 0 Å². The molecule has 0 bridgehead atoms. The highest BCUT2D eigenvalue weighted by atomic mass is 32.2. The van der Waals surface area contributed by atoms with Crippen LogP contribution in [0.1, 0.15) is 13.8 Å². The molecular weight excluding hydrogens is 268 g/mol. The van der Waals surface area contributed by atoms with Crippen LogP contribution in [-0.2, 0) is 21.3 Å². The zero-order chi connectivity index (χ0) is 14.5. The van der Waals surface area contributed by atoms with Gasteiger partial charge in [-0.1, -0.05) is 0 Å². The maximum atomic E-state index is 12.2. The molecule has 0 amide bonds. The van der Waals surface area contributed by atoms with Crippen LogP contribution in [0.25, 0.3) is 0 Å². The lowest BCUT2D eigenvalue weighted by Crippen LogP contribution is -2.30. The SMILES string of the molecule is CC(C)OCCN(C)S(=O)(=O)c1cnn(CCN)c1. The molecule has 110 valence electrons. The molecule has 19 heavy (non-hydrogen) atoms. The van der Waals surface area contributed by atoms with E-state index in [1.807, 2.05) is 13.8 Å². The van der Waals surface area contributed by atoms with E-state index >= 15 is 0 Å². The lowest BCUT2D eigenvalue weighted by atomic mass is 10.5. The Morgan fingerprint density at radius 1 is 1.53 bits per heavy atom. The van der Waals surface area contributed by atoms with Crippen molar-refractivity contribution in [2.24, 2.45) is 5.73 Å². The van der Waals surface area contributed by atoms with E-state index in [-0.39, 0.29) is 11.0 Å². The molecule has 0 unspecified atom stereocenters. The lowest BCUT2D eigenvalue weighted by molar-refractivity contribution is 0.0737. The van der Waals surface area contributed by atoms with Gasteiger partial charge in [0.25, 0.3) is 0 Å². The molecule has 0 saturated heterocycles. The van der Waals surface area contributed by atoms with Crippen LogP contribution in [-0.4, -0.2) is 55.4 Å². The fourth-order valence-electron chi connectivity index (χ4n) is 1.45. The Kier molecular flexibility index (Phi) is 5.92. The van der Waals surface area contributed by atoms with Crippen molar-refractivity contribution in [1.29, 1.82) is 0 Å². The minimum atomic E-state index is -3.51. The topological polar surface area (TPSA) is 90.5 Å². The standard InChI is InChI=1S/C11H22N4O3S/c1-10(2)18-7-6-14(3)19(16,17)11-8-13-15(9-11)5-4-12/h8-10H,4-7,12H2,1-3H3. The van der Waals surface area contributed by atoms with Gasteiger partial charge in [0.05, 0.1) is 25.5 Å². The van der Waals surface area contributed by atoms with Gasteiger partial charge in [0.15, 0.2) is 0 Å². The van der Waals surface area contributed by atoms with Gasteiger partial charge in [-0.15, -0.1) is 0 Å². The third-order valence-electron chi connectivity index (χ3n) is 2.53. The van der Waals surface area contributed by atoms with E-state index in [1.165, 1.54) is 28.4 Å². The highest BCUT2D eigenvalue weighted by Gasteiger charge is 2.22. The first-order valence-corrected chi connectivity index (χ1v) is 7.62. The van der Waals surface area contributed by atoms with Crippen molar-refractivity contribution in [3.63, 3.8) is 0 Å². The molecule has 1 heterocycles. The first-order valence-electron chi connectivity index (χ1n) is 6.18. The summed E-state index contributed by atoms with van der Waals surface area (Å²) in [7, 11) is -1.98. The molecule has 0 radical (unpaired) electrons. The van der Waals surface area contributed by atoms with Gasteiger partial charge in [-0.05, 0) is 13.8 Å². The number of nitrogens with two attached hydrogens (primary N) is 1. The van der Waals surface area contributed by atoms with Crippen molar-refractivity contribution >= 4 is 10.0 Å². The second-order valence-corrected chi connectivity index (χ2v) is 6.52. The summed E-state index contributed by atoms with van der Waals surface area (Å²) in [6.45, 7) is 5.40. The smallest absolute Gasteiger partial charge is 0.246 e. The quantitative estimate of drug-likeness (QED) is 0.721. The monoisotopic (exact) mass is 290 g/mol. The summed E-state index contributed by atoms with van der Waals surface area (Å²) in [6.07, 6.45) is 2.91. The number of likely N-dealkylation sites (N-methyl/N-ethyl adjacent to an activating group) is 1. The molecule has 1 rings (SSSR count). The average Bonchev–Trinajstić information content (AvgIpc) is 2.78. The molecule has 0 aliphatic heterocycles. The Morgan fingerprint density at radius 2 is 2.21 bits per heavy atom. The summed E-state index contributed by atoms with van der Waals surface area (Å²) in [6, 6.07) is 0. The van der Waals surface area contributed by atoms with Gasteiger partial charge >= 0.3 is 0 Å². The molecule has 0 aliphatic rings. The minimum absolute atomic E-state index is 0.0865. The molecular formula is C11H22N4O3S. The van der Waals surface area contributed by atoms with Crippen LogP contribution >= 0.6 is 0 Å². The molecule has 0 spiro atoms. The molecule has 7 nitrogen and oxygen atoms in total. The Bertz CT molecular complexity index is 484. The van der Waals surface area contributed by atoms with Crippen LogP contribution in [0.4, 0.5) is 0 Å². The summed E-state index contributed by atoms with van der Waals surface area (Å²) in [5.74, 6) is 0. The Morgan fingerprint density at radius 3 is 2.79 bits per heavy atom. The predicted octanol–water partition coefficient (Wildman–Crippen LogP) is -0.113. The van der Waals surface area contributed by atoms with E-state index in [4.69, 9.17) is 10.5 Å². The molecule has 0 aliphatic carbocycles. The summed E-state index contributed by atoms with van der Waals surface area (Å²) >= 11 is 0. The average molecular weight is 290 g/mol. The first kappa shape index (κ1) is 16.1. The van der Waals surface area contributed by atoms with Crippen LogP contribution in [0.2, 0.25) is 0 Å². The normalized spacial score (nSPS) is 12.5. The number of rotatable bonds is 8. The van der Waals surface area contributed by atoms with Gasteiger partial charge in [0.2, 0.25) is 10.0 Å². The third-order valence-corrected chi connectivity index (χ3v) is 4.34. The number of hydrogen-bond donors (Lipinski definition) is 1. The fourth-order valence-corrected chi connectivity index (χ4v) is 2.56. The molecule has 1 aromatic heterocycles. The van der Waals surface area contributed by atoms with E-state index in [9.17, 15) is 8.42 Å². The molecule has 1 aromatic rings. The van der Waals surface area contributed by atoms with E-state index in [0.29, 0.717) is 26.2 Å². The molecule has 2 N–H and O–H groups in total. The second-order valence-electron chi connectivity index (χ2n) is 4.47. The predicted molar refractivity (Wildman–Crippen MR) is 72.2 cm³/mol. The van der Waals surface area contributed by atoms with Crippen molar-refractivity contribution in [2.75, 3.05) is 26.7 Å². The van der Waals surface area contributed by atoms with E-state index in [1.54, 1.807) is 0 Å². The van der Waals surface area contributed by atoms with Gasteiger partial charge in [-0.2, -0.15) is 9.40 Å². The van der Waals surface area contributed by atoms with Crippen LogP contribution in [0.3, 0.4) is 0 Å². The lowest BCUT2D eigenvalue weighted by Gasteiger charge is -2.16. The third kappa shape index (κ3) is 4.57. The number of hydrogen-bond acceptors (Lipinski definition) is 5. The fraction of sp³-hybridized carbons (Fsp3) is 0.727. The zero-order valence-corrected chi connectivity index (χ0v) is 12.4. The van der Waals surface area contributed by atoms with Gasteiger partial charge in [-0.25, -0.2) is 8.42 Å². The van der Waals surface area contributed by atoms with Gasteiger partial charge in [0, 0.05) is 26.3 Å². The molecule has 0 atom stereocenters.